The van der Waals surface area contributed by atoms with Crippen LogP contribution in [0.3, 0.4) is 0 Å². The Kier molecular flexibility index (Phi) is 5.37. The van der Waals surface area contributed by atoms with Gasteiger partial charge in [0.2, 0.25) is 0 Å². The molecule has 0 radical (unpaired) electrons. The Hall–Kier alpha value is -1.35. The van der Waals surface area contributed by atoms with Crippen molar-refractivity contribution in [3.63, 3.8) is 0 Å². The summed E-state index contributed by atoms with van der Waals surface area (Å²) in [6, 6.07) is 10.7. The smallest absolute Gasteiger partial charge is 0.316 e. The first-order chi connectivity index (χ1) is 11.2. The summed E-state index contributed by atoms with van der Waals surface area (Å²) in [5.74, 6) is 0.00220. The minimum atomic E-state index is -0.410. The highest BCUT2D eigenvalue weighted by Gasteiger charge is 2.42. The Balaban J connectivity index is 1.71. The summed E-state index contributed by atoms with van der Waals surface area (Å²) in [4.78, 5) is 15.4. The third-order valence-corrected chi connectivity index (χ3v) is 5.75. The second-order valence-corrected chi connectivity index (χ2v) is 7.24. The highest BCUT2D eigenvalue weighted by Crippen LogP contribution is 2.40. The number of nitrogens with zero attached hydrogens (tertiary/aromatic N) is 1. The number of likely N-dealkylation sites (N-methyl/N-ethyl adjacent to an activating group) is 1. The minimum absolute atomic E-state index is 0.00220. The fourth-order valence-corrected chi connectivity index (χ4v) is 4.19. The van der Waals surface area contributed by atoms with E-state index in [0.29, 0.717) is 12.6 Å². The Morgan fingerprint density at radius 2 is 1.87 bits per heavy atom. The standard InChI is InChI=1S/C20H29NO2/c1-21-15-9-6-12-18(21)16-23-19(22)20(13-7-3-8-14-20)17-10-4-2-5-11-17/h2,4-5,10-11,18H,3,6-9,12-16H2,1H3/t18-/m0/s1. The predicted octanol–water partition coefficient (Wildman–Crippen LogP) is 3.92. The van der Waals surface area contributed by atoms with Gasteiger partial charge in [0, 0.05) is 6.04 Å². The zero-order chi connectivity index (χ0) is 16.1. The molecule has 2 aliphatic rings. The average molecular weight is 315 g/mol. The van der Waals surface area contributed by atoms with E-state index < -0.39 is 5.41 Å². The second kappa shape index (κ2) is 7.48. The maximum Gasteiger partial charge on any atom is 0.316 e. The fraction of sp³-hybridized carbons (Fsp3) is 0.650. The van der Waals surface area contributed by atoms with E-state index in [4.69, 9.17) is 4.74 Å². The van der Waals surface area contributed by atoms with Crippen molar-refractivity contribution in [1.82, 2.24) is 4.90 Å². The molecule has 3 nitrogen and oxygen atoms in total. The van der Waals surface area contributed by atoms with Crippen molar-refractivity contribution in [2.24, 2.45) is 0 Å². The molecule has 0 unspecified atom stereocenters. The molecular formula is C20H29NO2. The van der Waals surface area contributed by atoms with Crippen molar-refractivity contribution in [2.45, 2.75) is 62.8 Å². The topological polar surface area (TPSA) is 29.5 Å². The largest absolute Gasteiger partial charge is 0.463 e. The number of carbonyl (C=O) groups excluding carboxylic acids is 1. The number of esters is 1. The highest BCUT2D eigenvalue weighted by molar-refractivity contribution is 5.83. The number of ether oxygens (including phenoxy) is 1. The lowest BCUT2D eigenvalue weighted by molar-refractivity contribution is -0.154. The molecule has 0 amide bonds. The summed E-state index contributed by atoms with van der Waals surface area (Å²) >= 11 is 0. The van der Waals surface area contributed by atoms with Crippen LogP contribution in [0.5, 0.6) is 0 Å². The van der Waals surface area contributed by atoms with E-state index in [0.717, 1.165) is 44.2 Å². The molecule has 1 atom stereocenters. The zero-order valence-corrected chi connectivity index (χ0v) is 14.3. The SMILES string of the molecule is CN1CCCC[C@H]1COC(=O)C1(c2ccccc2)CCCCC1. The third kappa shape index (κ3) is 3.60. The van der Waals surface area contributed by atoms with Crippen LogP contribution in [0.1, 0.15) is 56.9 Å². The molecule has 1 aromatic carbocycles. The predicted molar refractivity (Wildman–Crippen MR) is 92.4 cm³/mol. The van der Waals surface area contributed by atoms with Gasteiger partial charge in [-0.25, -0.2) is 0 Å². The number of carbonyl (C=O) groups is 1. The quantitative estimate of drug-likeness (QED) is 0.789. The Labute approximate surface area is 140 Å². The molecule has 0 aromatic heterocycles. The monoisotopic (exact) mass is 315 g/mol. The van der Waals surface area contributed by atoms with Crippen molar-refractivity contribution in [3.8, 4) is 0 Å². The van der Waals surface area contributed by atoms with Gasteiger partial charge in [-0.1, -0.05) is 56.0 Å². The molecule has 1 heterocycles. The van der Waals surface area contributed by atoms with Crippen LogP contribution in [0.4, 0.5) is 0 Å². The van der Waals surface area contributed by atoms with Crippen LogP contribution in [-0.4, -0.2) is 37.1 Å². The van der Waals surface area contributed by atoms with Gasteiger partial charge in [0.05, 0.1) is 5.41 Å². The lowest BCUT2D eigenvalue weighted by Crippen LogP contribution is -2.44. The number of benzene rings is 1. The van der Waals surface area contributed by atoms with E-state index in [1.165, 1.54) is 19.3 Å². The van der Waals surface area contributed by atoms with Crippen molar-refractivity contribution in [3.05, 3.63) is 35.9 Å². The third-order valence-electron chi connectivity index (χ3n) is 5.75. The van der Waals surface area contributed by atoms with E-state index in [1.54, 1.807) is 0 Å². The molecule has 0 N–H and O–H groups in total. The van der Waals surface area contributed by atoms with E-state index in [-0.39, 0.29) is 5.97 Å². The highest BCUT2D eigenvalue weighted by atomic mass is 16.5. The summed E-state index contributed by atoms with van der Waals surface area (Å²) in [6.45, 7) is 1.66. The maximum atomic E-state index is 13.0. The maximum absolute atomic E-state index is 13.0. The molecular weight excluding hydrogens is 286 g/mol. The van der Waals surface area contributed by atoms with Crippen molar-refractivity contribution < 1.29 is 9.53 Å². The Morgan fingerprint density at radius 3 is 2.57 bits per heavy atom. The molecule has 126 valence electrons. The van der Waals surface area contributed by atoms with Crippen LogP contribution in [0, 0.1) is 0 Å². The van der Waals surface area contributed by atoms with E-state index in [1.807, 2.05) is 18.2 Å². The van der Waals surface area contributed by atoms with Crippen LogP contribution in [0.25, 0.3) is 0 Å². The van der Waals surface area contributed by atoms with E-state index >= 15 is 0 Å². The van der Waals surface area contributed by atoms with Gasteiger partial charge in [0.15, 0.2) is 0 Å². The molecule has 1 aromatic rings. The molecule has 0 spiro atoms. The lowest BCUT2D eigenvalue weighted by Gasteiger charge is -2.37. The summed E-state index contributed by atoms with van der Waals surface area (Å²) < 4.78 is 5.87. The summed E-state index contributed by atoms with van der Waals surface area (Å²) in [7, 11) is 2.14. The minimum Gasteiger partial charge on any atom is -0.463 e. The summed E-state index contributed by atoms with van der Waals surface area (Å²) in [5, 5.41) is 0. The Bertz CT molecular complexity index is 508. The fourth-order valence-electron chi connectivity index (χ4n) is 4.19. The molecule has 23 heavy (non-hydrogen) atoms. The molecule has 3 rings (SSSR count). The molecule has 2 fully saturated rings. The van der Waals surface area contributed by atoms with Gasteiger partial charge in [-0.2, -0.15) is 0 Å². The molecule has 1 saturated heterocycles. The van der Waals surface area contributed by atoms with Crippen molar-refractivity contribution in [2.75, 3.05) is 20.2 Å². The van der Waals surface area contributed by atoms with Gasteiger partial charge in [-0.3, -0.25) is 4.79 Å². The van der Waals surface area contributed by atoms with Crippen LogP contribution in [-0.2, 0) is 14.9 Å². The zero-order valence-electron chi connectivity index (χ0n) is 14.3. The van der Waals surface area contributed by atoms with Crippen LogP contribution in [0.15, 0.2) is 30.3 Å². The van der Waals surface area contributed by atoms with Gasteiger partial charge in [0.1, 0.15) is 6.61 Å². The van der Waals surface area contributed by atoms with Gasteiger partial charge in [0.25, 0.3) is 0 Å². The summed E-state index contributed by atoms with van der Waals surface area (Å²) in [6.07, 6.45) is 8.97. The lowest BCUT2D eigenvalue weighted by atomic mass is 9.69. The Morgan fingerprint density at radius 1 is 1.13 bits per heavy atom. The first-order valence-corrected chi connectivity index (χ1v) is 9.15. The van der Waals surface area contributed by atoms with Crippen molar-refractivity contribution >= 4 is 5.97 Å². The number of likely N-dealkylation sites (tertiary alicyclic amines) is 1. The number of hydrogen-bond donors (Lipinski definition) is 0. The first kappa shape index (κ1) is 16.5. The molecule has 0 bridgehead atoms. The van der Waals surface area contributed by atoms with Crippen LogP contribution >= 0.6 is 0 Å². The second-order valence-electron chi connectivity index (χ2n) is 7.24. The van der Waals surface area contributed by atoms with E-state index in [2.05, 4.69) is 24.1 Å². The van der Waals surface area contributed by atoms with Gasteiger partial charge in [-0.05, 0) is 44.8 Å². The normalized spacial score (nSPS) is 25.0. The van der Waals surface area contributed by atoms with Crippen molar-refractivity contribution in [1.29, 1.82) is 0 Å². The molecule has 1 saturated carbocycles. The van der Waals surface area contributed by atoms with Gasteiger partial charge in [-0.15, -0.1) is 0 Å². The van der Waals surface area contributed by atoms with Gasteiger partial charge < -0.3 is 9.64 Å². The number of rotatable bonds is 4. The van der Waals surface area contributed by atoms with Gasteiger partial charge >= 0.3 is 5.97 Å². The molecule has 1 aliphatic carbocycles. The van der Waals surface area contributed by atoms with E-state index in [9.17, 15) is 4.79 Å². The van der Waals surface area contributed by atoms with Crippen LogP contribution in [0.2, 0.25) is 0 Å². The number of hydrogen-bond acceptors (Lipinski definition) is 3. The summed E-state index contributed by atoms with van der Waals surface area (Å²) in [5.41, 5.74) is 0.730. The number of piperidine rings is 1. The molecule has 1 aliphatic heterocycles. The average Bonchev–Trinajstić information content (AvgIpc) is 2.62. The first-order valence-electron chi connectivity index (χ1n) is 9.15. The van der Waals surface area contributed by atoms with Crippen LogP contribution < -0.4 is 0 Å². The molecule has 3 heteroatoms.